The molecule has 0 saturated heterocycles. The van der Waals surface area contributed by atoms with Crippen molar-refractivity contribution in [3.05, 3.63) is 90.8 Å². The van der Waals surface area contributed by atoms with Gasteiger partial charge in [0.15, 0.2) is 5.82 Å². The van der Waals surface area contributed by atoms with E-state index in [1.807, 2.05) is 30.3 Å². The fraction of sp³-hybridized carbons (Fsp3) is 0.0455. The Bertz CT molecular complexity index is 1270. The number of benzene rings is 3. The van der Waals surface area contributed by atoms with Gasteiger partial charge in [-0.3, -0.25) is 0 Å². The molecule has 0 radical (unpaired) electrons. The minimum atomic E-state index is -3.58. The summed E-state index contributed by atoms with van der Waals surface area (Å²) in [6.45, 7) is 0.0426. The van der Waals surface area contributed by atoms with Gasteiger partial charge in [0.1, 0.15) is 12.4 Å². The van der Waals surface area contributed by atoms with Crippen LogP contribution in [0.4, 0.5) is 17.6 Å². The molecule has 0 aliphatic carbocycles. The maximum atomic E-state index is 12.7. The lowest BCUT2D eigenvalue weighted by molar-refractivity contribution is 0.295. The van der Waals surface area contributed by atoms with Crippen LogP contribution < -0.4 is 15.8 Å². The third-order valence-electron chi connectivity index (χ3n) is 4.28. The molecule has 3 aromatic carbocycles. The first kappa shape index (κ1) is 20.3. The van der Waals surface area contributed by atoms with Gasteiger partial charge in [0.05, 0.1) is 9.79 Å². The number of hydrogen-bond donors (Lipinski definition) is 2. The minimum absolute atomic E-state index is 0.0426. The van der Waals surface area contributed by atoms with E-state index in [0.717, 1.165) is 5.69 Å². The molecule has 0 spiro atoms. The van der Waals surface area contributed by atoms with Gasteiger partial charge in [0.25, 0.3) is 0 Å². The maximum Gasteiger partial charge on any atom is 0.232 e. The molecule has 9 heteroatoms. The molecule has 3 N–H and O–H groups in total. The van der Waals surface area contributed by atoms with E-state index >= 15 is 0 Å². The molecule has 1 aromatic heterocycles. The highest BCUT2D eigenvalue weighted by Crippen LogP contribution is 2.23. The van der Waals surface area contributed by atoms with E-state index in [-0.39, 0.29) is 22.3 Å². The monoisotopic (exact) mass is 433 g/mol. The van der Waals surface area contributed by atoms with Crippen molar-refractivity contribution in [2.75, 3.05) is 11.1 Å². The molecular weight excluding hydrogens is 414 g/mol. The summed E-state index contributed by atoms with van der Waals surface area (Å²) in [6, 6.07) is 23.9. The molecule has 0 atom stereocenters. The van der Waals surface area contributed by atoms with Crippen LogP contribution in [0.1, 0.15) is 5.82 Å². The normalized spacial score (nSPS) is 11.1. The largest absolute Gasteiger partial charge is 0.486 e. The third-order valence-corrected chi connectivity index (χ3v) is 6.07. The van der Waals surface area contributed by atoms with Crippen molar-refractivity contribution in [2.45, 2.75) is 16.4 Å². The quantitative estimate of drug-likeness (QED) is 0.453. The predicted octanol–water partition coefficient (Wildman–Crippen LogP) is 3.61. The van der Waals surface area contributed by atoms with E-state index in [9.17, 15) is 8.42 Å². The Morgan fingerprint density at radius 1 is 0.774 bits per heavy atom. The topological polar surface area (TPSA) is 120 Å². The number of nitrogens with one attached hydrogen (secondary N) is 1. The summed E-state index contributed by atoms with van der Waals surface area (Å²) in [7, 11) is -3.58. The summed E-state index contributed by atoms with van der Waals surface area (Å²) in [5.74, 6) is 1.19. The van der Waals surface area contributed by atoms with Crippen LogP contribution in [0.5, 0.6) is 5.75 Å². The lowest BCUT2D eigenvalue weighted by atomic mass is 10.3. The van der Waals surface area contributed by atoms with Crippen LogP contribution in [-0.2, 0) is 16.4 Å². The first-order chi connectivity index (χ1) is 15.0. The van der Waals surface area contributed by atoms with Gasteiger partial charge in [-0.1, -0.05) is 36.4 Å². The van der Waals surface area contributed by atoms with Crippen LogP contribution in [0, 0.1) is 0 Å². The average Bonchev–Trinajstić information content (AvgIpc) is 2.79. The predicted molar refractivity (Wildman–Crippen MR) is 117 cm³/mol. The van der Waals surface area contributed by atoms with Crippen LogP contribution in [0.3, 0.4) is 0 Å². The van der Waals surface area contributed by atoms with E-state index in [1.54, 1.807) is 42.5 Å². The van der Waals surface area contributed by atoms with Crippen molar-refractivity contribution in [2.24, 2.45) is 0 Å². The van der Waals surface area contributed by atoms with Gasteiger partial charge in [0.2, 0.25) is 21.7 Å². The van der Waals surface area contributed by atoms with Crippen molar-refractivity contribution >= 4 is 27.4 Å². The number of ether oxygens (including phenoxy) is 1. The van der Waals surface area contributed by atoms with Crippen LogP contribution in [0.15, 0.2) is 94.7 Å². The molecule has 0 aliphatic rings. The zero-order valence-corrected chi connectivity index (χ0v) is 17.2. The fourth-order valence-corrected chi connectivity index (χ4v) is 4.09. The molecule has 31 heavy (non-hydrogen) atoms. The summed E-state index contributed by atoms with van der Waals surface area (Å²) in [4.78, 5) is 12.9. The third kappa shape index (κ3) is 4.96. The fourth-order valence-electron chi connectivity index (χ4n) is 2.81. The van der Waals surface area contributed by atoms with Crippen molar-refractivity contribution < 1.29 is 13.2 Å². The van der Waals surface area contributed by atoms with Gasteiger partial charge in [0, 0.05) is 5.69 Å². The highest BCUT2D eigenvalue weighted by Gasteiger charge is 2.17. The first-order valence-corrected chi connectivity index (χ1v) is 10.8. The maximum absolute atomic E-state index is 12.7. The second kappa shape index (κ2) is 8.80. The van der Waals surface area contributed by atoms with Crippen LogP contribution in [0.25, 0.3) is 0 Å². The highest BCUT2D eigenvalue weighted by molar-refractivity contribution is 7.91. The Balaban J connectivity index is 1.45. The molecule has 0 aliphatic heterocycles. The highest BCUT2D eigenvalue weighted by atomic mass is 32.2. The van der Waals surface area contributed by atoms with E-state index < -0.39 is 9.84 Å². The molecule has 0 fully saturated rings. The zero-order chi connectivity index (χ0) is 21.7. The molecular formula is C22H19N5O3S. The Morgan fingerprint density at radius 3 is 2.06 bits per heavy atom. The summed E-state index contributed by atoms with van der Waals surface area (Å²) in [5, 5.41) is 3.06. The second-order valence-electron chi connectivity index (χ2n) is 6.50. The molecule has 0 bridgehead atoms. The summed E-state index contributed by atoms with van der Waals surface area (Å²) in [6.07, 6.45) is 0. The molecule has 0 saturated carbocycles. The Hall–Kier alpha value is -3.98. The number of nitrogens with zero attached hydrogens (tertiary/aromatic N) is 3. The standard InChI is InChI=1S/C22H19N5O3S/c23-21-25-20(26-22(27-21)24-16-7-3-1-4-8-16)15-30-17-11-13-19(14-12-17)31(28,29)18-9-5-2-6-10-18/h1-14H,15H2,(H3,23,24,25,26,27). The number of nitrogen functional groups attached to an aromatic ring is 1. The van der Waals surface area contributed by atoms with E-state index in [0.29, 0.717) is 17.5 Å². The average molecular weight is 433 g/mol. The SMILES string of the molecule is Nc1nc(COc2ccc(S(=O)(=O)c3ccccc3)cc2)nc(Nc2ccccc2)n1. The van der Waals surface area contributed by atoms with Crippen molar-refractivity contribution in [3.63, 3.8) is 0 Å². The Kier molecular flexibility index (Phi) is 5.76. The number of nitrogens with two attached hydrogens (primary N) is 1. The molecule has 0 amide bonds. The number of anilines is 3. The van der Waals surface area contributed by atoms with E-state index in [1.165, 1.54) is 12.1 Å². The van der Waals surface area contributed by atoms with Crippen LogP contribution in [0.2, 0.25) is 0 Å². The van der Waals surface area contributed by atoms with Gasteiger partial charge in [-0.15, -0.1) is 0 Å². The van der Waals surface area contributed by atoms with Crippen molar-refractivity contribution in [3.8, 4) is 5.75 Å². The molecule has 156 valence electrons. The minimum Gasteiger partial charge on any atom is -0.486 e. The summed E-state index contributed by atoms with van der Waals surface area (Å²) >= 11 is 0. The number of sulfone groups is 1. The second-order valence-corrected chi connectivity index (χ2v) is 8.45. The van der Waals surface area contributed by atoms with Gasteiger partial charge < -0.3 is 15.8 Å². The molecule has 1 heterocycles. The summed E-state index contributed by atoms with van der Waals surface area (Å²) < 4.78 is 31.0. The van der Waals surface area contributed by atoms with Crippen molar-refractivity contribution in [1.82, 2.24) is 15.0 Å². The van der Waals surface area contributed by atoms with E-state index in [4.69, 9.17) is 10.5 Å². The van der Waals surface area contributed by atoms with Crippen LogP contribution in [-0.4, -0.2) is 23.4 Å². The molecule has 0 unspecified atom stereocenters. The first-order valence-electron chi connectivity index (χ1n) is 9.36. The number of hydrogen-bond acceptors (Lipinski definition) is 8. The number of rotatable bonds is 7. The van der Waals surface area contributed by atoms with Gasteiger partial charge in [-0.2, -0.15) is 15.0 Å². The van der Waals surface area contributed by atoms with Gasteiger partial charge in [-0.05, 0) is 48.5 Å². The number of aromatic nitrogens is 3. The summed E-state index contributed by atoms with van der Waals surface area (Å²) in [5.41, 5.74) is 6.60. The van der Waals surface area contributed by atoms with Crippen LogP contribution >= 0.6 is 0 Å². The van der Waals surface area contributed by atoms with E-state index in [2.05, 4.69) is 20.3 Å². The lowest BCUT2D eigenvalue weighted by Crippen LogP contribution is -2.09. The van der Waals surface area contributed by atoms with Gasteiger partial charge in [-0.25, -0.2) is 8.42 Å². The lowest BCUT2D eigenvalue weighted by Gasteiger charge is -2.09. The Labute approximate surface area is 179 Å². The molecule has 4 aromatic rings. The van der Waals surface area contributed by atoms with Crippen molar-refractivity contribution in [1.29, 1.82) is 0 Å². The zero-order valence-electron chi connectivity index (χ0n) is 16.3. The molecule has 8 nitrogen and oxygen atoms in total. The molecule has 4 rings (SSSR count). The number of para-hydroxylation sites is 1. The smallest absolute Gasteiger partial charge is 0.232 e. The van der Waals surface area contributed by atoms with Gasteiger partial charge >= 0.3 is 0 Å². The Morgan fingerprint density at radius 2 is 1.39 bits per heavy atom.